The lowest BCUT2D eigenvalue weighted by Crippen LogP contribution is -2.42. The van der Waals surface area contributed by atoms with Crippen molar-refractivity contribution in [3.8, 4) is 17.2 Å². The molecule has 1 aromatic rings. The first-order valence-electron chi connectivity index (χ1n) is 7.00. The van der Waals surface area contributed by atoms with Crippen molar-refractivity contribution >= 4 is 11.9 Å². The van der Waals surface area contributed by atoms with Crippen LogP contribution in [0.2, 0.25) is 0 Å². The maximum atomic E-state index is 12.2. The van der Waals surface area contributed by atoms with Gasteiger partial charge in [-0.05, 0) is 20.8 Å². The van der Waals surface area contributed by atoms with Crippen molar-refractivity contribution < 1.29 is 28.5 Å². The number of rotatable bonds is 6. The van der Waals surface area contributed by atoms with Crippen LogP contribution in [0.3, 0.4) is 0 Å². The molecule has 0 saturated heterocycles. The Morgan fingerprint density at radius 2 is 1.48 bits per heavy atom. The van der Waals surface area contributed by atoms with Gasteiger partial charge in [0.1, 0.15) is 11.3 Å². The second-order valence-corrected chi connectivity index (χ2v) is 5.78. The van der Waals surface area contributed by atoms with Crippen molar-refractivity contribution in [3.05, 3.63) is 17.7 Å². The quantitative estimate of drug-likeness (QED) is 0.803. The topological polar surface area (TPSA) is 83.1 Å². The minimum absolute atomic E-state index is 0.147. The smallest absolute Gasteiger partial charge is 0.342 e. The molecule has 0 aliphatic rings. The second-order valence-electron chi connectivity index (χ2n) is 5.78. The van der Waals surface area contributed by atoms with Crippen LogP contribution >= 0.6 is 0 Å². The lowest BCUT2D eigenvalue weighted by molar-refractivity contribution is -0.125. The number of esters is 1. The molecule has 0 radical (unpaired) electrons. The number of ether oxygens (including phenoxy) is 4. The van der Waals surface area contributed by atoms with E-state index in [2.05, 4.69) is 5.32 Å². The highest BCUT2D eigenvalue weighted by atomic mass is 16.5. The van der Waals surface area contributed by atoms with Crippen LogP contribution in [0.1, 0.15) is 31.1 Å². The predicted octanol–water partition coefficient (Wildman–Crippen LogP) is 1.78. The third-order valence-electron chi connectivity index (χ3n) is 2.77. The van der Waals surface area contributed by atoms with E-state index in [1.807, 2.05) is 20.8 Å². The fourth-order valence-corrected chi connectivity index (χ4v) is 1.85. The van der Waals surface area contributed by atoms with Crippen LogP contribution in [0.25, 0.3) is 0 Å². The Bertz CT molecular complexity index is 577. The monoisotopic (exact) mass is 325 g/mol. The van der Waals surface area contributed by atoms with Gasteiger partial charge in [0.15, 0.2) is 18.1 Å². The summed E-state index contributed by atoms with van der Waals surface area (Å²) in [6.07, 6.45) is 0. The van der Waals surface area contributed by atoms with Gasteiger partial charge in [-0.2, -0.15) is 0 Å². The molecule has 0 aromatic heterocycles. The Hall–Kier alpha value is -2.44. The van der Waals surface area contributed by atoms with Gasteiger partial charge in [0.25, 0.3) is 5.91 Å². The predicted molar refractivity (Wildman–Crippen MR) is 84.3 cm³/mol. The summed E-state index contributed by atoms with van der Waals surface area (Å²) in [6.45, 7) is 5.13. The lowest BCUT2D eigenvalue weighted by atomic mass is 10.1. The summed E-state index contributed by atoms with van der Waals surface area (Å²) < 4.78 is 20.5. The molecular formula is C16H23NO6. The van der Waals surface area contributed by atoms with Crippen LogP contribution < -0.4 is 19.5 Å². The molecule has 1 rings (SSSR count). The number of nitrogens with one attached hydrogen (secondary N) is 1. The molecular weight excluding hydrogens is 302 g/mol. The maximum absolute atomic E-state index is 12.2. The normalized spacial score (nSPS) is 10.7. The van der Waals surface area contributed by atoms with E-state index in [9.17, 15) is 9.59 Å². The summed E-state index contributed by atoms with van der Waals surface area (Å²) in [4.78, 5) is 23.9. The van der Waals surface area contributed by atoms with E-state index < -0.39 is 11.5 Å². The number of hydrogen-bond acceptors (Lipinski definition) is 6. The minimum Gasteiger partial charge on any atom is -0.496 e. The van der Waals surface area contributed by atoms with E-state index in [0.29, 0.717) is 11.5 Å². The number of hydrogen-bond donors (Lipinski definition) is 1. The van der Waals surface area contributed by atoms with E-state index in [1.165, 1.54) is 33.5 Å². The molecule has 0 aliphatic carbocycles. The molecule has 0 bridgehead atoms. The fraction of sp³-hybridized carbons (Fsp3) is 0.500. The molecule has 7 heteroatoms. The summed E-state index contributed by atoms with van der Waals surface area (Å²) in [5.41, 5.74) is -0.251. The van der Waals surface area contributed by atoms with E-state index in [-0.39, 0.29) is 23.8 Å². The van der Waals surface area contributed by atoms with E-state index in [0.717, 1.165) is 0 Å². The fourth-order valence-electron chi connectivity index (χ4n) is 1.85. The summed E-state index contributed by atoms with van der Waals surface area (Å²) in [6, 6.07) is 2.96. The number of carbonyl (C=O) groups excluding carboxylic acids is 2. The number of amides is 1. The average Bonchev–Trinajstić information content (AvgIpc) is 2.49. The Morgan fingerprint density at radius 1 is 0.957 bits per heavy atom. The van der Waals surface area contributed by atoms with Crippen molar-refractivity contribution in [3.63, 3.8) is 0 Å². The van der Waals surface area contributed by atoms with Crippen molar-refractivity contribution in [1.82, 2.24) is 5.32 Å². The molecule has 7 nitrogen and oxygen atoms in total. The Morgan fingerprint density at radius 3 is 1.96 bits per heavy atom. The SMILES string of the molecule is COc1cc(OC)c(C(=O)OCC(=O)NC(C)(C)C)cc1OC. The molecule has 1 aromatic carbocycles. The van der Waals surface area contributed by atoms with Gasteiger partial charge in [-0.15, -0.1) is 0 Å². The zero-order valence-electron chi connectivity index (χ0n) is 14.3. The van der Waals surface area contributed by atoms with E-state index in [1.54, 1.807) is 0 Å². The number of carbonyl (C=O) groups is 2. The molecule has 0 saturated carbocycles. The van der Waals surface area contributed by atoms with Crippen LogP contribution in [0.5, 0.6) is 17.2 Å². The first-order valence-corrected chi connectivity index (χ1v) is 7.00. The highest BCUT2D eigenvalue weighted by Crippen LogP contribution is 2.34. The highest BCUT2D eigenvalue weighted by molar-refractivity contribution is 5.95. The molecule has 128 valence electrons. The van der Waals surface area contributed by atoms with Gasteiger partial charge in [-0.1, -0.05) is 0 Å². The van der Waals surface area contributed by atoms with Crippen LogP contribution in [0.15, 0.2) is 12.1 Å². The van der Waals surface area contributed by atoms with Crippen LogP contribution in [0, 0.1) is 0 Å². The minimum atomic E-state index is -0.688. The third-order valence-corrected chi connectivity index (χ3v) is 2.77. The van der Waals surface area contributed by atoms with Crippen molar-refractivity contribution in [2.75, 3.05) is 27.9 Å². The largest absolute Gasteiger partial charge is 0.496 e. The maximum Gasteiger partial charge on any atom is 0.342 e. The van der Waals surface area contributed by atoms with Crippen molar-refractivity contribution in [2.45, 2.75) is 26.3 Å². The van der Waals surface area contributed by atoms with E-state index in [4.69, 9.17) is 18.9 Å². The molecule has 23 heavy (non-hydrogen) atoms. The molecule has 0 atom stereocenters. The summed E-state index contributed by atoms with van der Waals surface area (Å²) in [5.74, 6) is -0.0215. The van der Waals surface area contributed by atoms with Gasteiger partial charge in [0, 0.05) is 17.7 Å². The van der Waals surface area contributed by atoms with Crippen LogP contribution in [-0.4, -0.2) is 45.4 Å². The van der Waals surface area contributed by atoms with Crippen LogP contribution in [0.4, 0.5) is 0 Å². The third kappa shape index (κ3) is 5.36. The Labute approximate surface area is 135 Å². The van der Waals surface area contributed by atoms with E-state index >= 15 is 0 Å². The Balaban J connectivity index is 2.89. The lowest BCUT2D eigenvalue weighted by Gasteiger charge is -2.20. The summed E-state index contributed by atoms with van der Waals surface area (Å²) in [5, 5.41) is 2.70. The Kier molecular flexibility index (Phi) is 6.24. The molecule has 0 fully saturated rings. The van der Waals surface area contributed by atoms with Gasteiger partial charge in [0.2, 0.25) is 0 Å². The average molecular weight is 325 g/mol. The van der Waals surface area contributed by atoms with Crippen molar-refractivity contribution in [1.29, 1.82) is 0 Å². The zero-order chi connectivity index (χ0) is 17.6. The molecule has 0 unspecified atom stereocenters. The van der Waals surface area contributed by atoms with Crippen molar-refractivity contribution in [2.24, 2.45) is 0 Å². The summed E-state index contributed by atoms with van der Waals surface area (Å²) >= 11 is 0. The molecule has 0 aliphatic heterocycles. The molecule has 1 amide bonds. The second kappa shape index (κ2) is 7.71. The zero-order valence-corrected chi connectivity index (χ0v) is 14.3. The van der Waals surface area contributed by atoms with Gasteiger partial charge in [-0.25, -0.2) is 4.79 Å². The molecule has 1 N–H and O–H groups in total. The number of benzene rings is 1. The first kappa shape index (κ1) is 18.6. The van der Waals surface area contributed by atoms with Gasteiger partial charge in [-0.3, -0.25) is 4.79 Å². The van der Waals surface area contributed by atoms with Gasteiger partial charge >= 0.3 is 5.97 Å². The first-order chi connectivity index (χ1) is 10.7. The molecule has 0 heterocycles. The standard InChI is InChI=1S/C16H23NO6/c1-16(2,3)17-14(18)9-23-15(19)10-7-12(21-5)13(22-6)8-11(10)20-4/h7-8H,9H2,1-6H3,(H,17,18). The van der Waals surface area contributed by atoms with Gasteiger partial charge in [0.05, 0.1) is 21.3 Å². The molecule has 0 spiro atoms. The summed E-state index contributed by atoms with van der Waals surface area (Å²) in [7, 11) is 4.35. The highest BCUT2D eigenvalue weighted by Gasteiger charge is 2.21. The van der Waals surface area contributed by atoms with Crippen LogP contribution in [-0.2, 0) is 9.53 Å². The number of methoxy groups -OCH3 is 3. The van der Waals surface area contributed by atoms with Gasteiger partial charge < -0.3 is 24.3 Å².